The van der Waals surface area contributed by atoms with E-state index in [0.29, 0.717) is 12.3 Å². The van der Waals surface area contributed by atoms with Crippen molar-refractivity contribution in [3.05, 3.63) is 0 Å². The van der Waals surface area contributed by atoms with Gasteiger partial charge in [-0.05, 0) is 44.7 Å². The first-order chi connectivity index (χ1) is 9.60. The Balaban J connectivity index is 1.89. The van der Waals surface area contributed by atoms with Crippen LogP contribution in [0, 0.1) is 5.92 Å². The van der Waals surface area contributed by atoms with Gasteiger partial charge in [0.25, 0.3) is 0 Å². The van der Waals surface area contributed by atoms with Crippen LogP contribution in [-0.2, 0) is 9.59 Å². The molecule has 0 radical (unpaired) electrons. The molecule has 1 amide bonds. The van der Waals surface area contributed by atoms with Gasteiger partial charge in [0.15, 0.2) is 0 Å². The average molecular weight is 282 g/mol. The van der Waals surface area contributed by atoms with Crippen LogP contribution in [0.15, 0.2) is 0 Å². The van der Waals surface area contributed by atoms with Crippen molar-refractivity contribution in [1.29, 1.82) is 0 Å². The number of carbonyl (C=O) groups is 2. The van der Waals surface area contributed by atoms with Gasteiger partial charge in [-0.1, -0.05) is 19.3 Å². The molecule has 0 spiro atoms. The molecule has 3 N–H and O–H groups in total. The SMILES string of the molecule is O=C(O)CC1(NC(=O)CC2CCCNC2)CCCCC1. The summed E-state index contributed by atoms with van der Waals surface area (Å²) in [5.74, 6) is -0.386. The first kappa shape index (κ1) is 15.3. The van der Waals surface area contributed by atoms with Crippen LogP contribution < -0.4 is 10.6 Å². The number of piperidine rings is 1. The van der Waals surface area contributed by atoms with Crippen LogP contribution in [0.3, 0.4) is 0 Å². The number of aliphatic carboxylic acids is 1. The predicted octanol–water partition coefficient (Wildman–Crippen LogP) is 1.67. The van der Waals surface area contributed by atoms with Gasteiger partial charge in [-0.15, -0.1) is 0 Å². The van der Waals surface area contributed by atoms with E-state index in [1.807, 2.05) is 0 Å². The third-order valence-electron chi connectivity index (χ3n) is 4.58. The maximum absolute atomic E-state index is 12.2. The molecule has 1 aliphatic heterocycles. The quantitative estimate of drug-likeness (QED) is 0.717. The molecule has 0 bridgehead atoms. The van der Waals surface area contributed by atoms with E-state index in [0.717, 1.165) is 58.0 Å². The lowest BCUT2D eigenvalue weighted by Gasteiger charge is -2.37. The lowest BCUT2D eigenvalue weighted by atomic mass is 9.79. The summed E-state index contributed by atoms with van der Waals surface area (Å²) in [5.41, 5.74) is -0.497. The number of amides is 1. The van der Waals surface area contributed by atoms with E-state index in [1.54, 1.807) is 0 Å². The summed E-state index contributed by atoms with van der Waals surface area (Å²) in [6.45, 7) is 1.94. The molecule has 0 aromatic carbocycles. The normalized spacial score (nSPS) is 25.9. The van der Waals surface area contributed by atoms with Crippen molar-refractivity contribution >= 4 is 11.9 Å². The number of hydrogen-bond donors (Lipinski definition) is 3. The number of carboxylic acids is 1. The lowest BCUT2D eigenvalue weighted by Crippen LogP contribution is -2.51. The summed E-state index contributed by atoms with van der Waals surface area (Å²) in [6, 6.07) is 0. The van der Waals surface area contributed by atoms with Crippen molar-refractivity contribution in [2.75, 3.05) is 13.1 Å². The van der Waals surface area contributed by atoms with Gasteiger partial charge >= 0.3 is 5.97 Å². The second-order valence-corrected chi connectivity index (χ2v) is 6.38. The van der Waals surface area contributed by atoms with Gasteiger partial charge in [-0.3, -0.25) is 9.59 Å². The standard InChI is InChI=1S/C15H26N2O3/c18-13(9-12-5-4-8-16-11-12)17-15(10-14(19)20)6-2-1-3-7-15/h12,16H,1-11H2,(H,17,18)(H,19,20). The predicted molar refractivity (Wildman–Crippen MR) is 76.4 cm³/mol. The zero-order chi connectivity index (χ0) is 14.4. The molecule has 2 rings (SSSR count). The third-order valence-corrected chi connectivity index (χ3v) is 4.58. The number of carboxylic acid groups (broad SMARTS) is 1. The molecule has 2 aliphatic rings. The van der Waals surface area contributed by atoms with E-state index in [9.17, 15) is 9.59 Å². The van der Waals surface area contributed by atoms with Crippen LogP contribution in [-0.4, -0.2) is 35.6 Å². The van der Waals surface area contributed by atoms with E-state index in [2.05, 4.69) is 10.6 Å². The van der Waals surface area contributed by atoms with Gasteiger partial charge in [-0.25, -0.2) is 0 Å². The number of carbonyl (C=O) groups excluding carboxylic acids is 1. The minimum Gasteiger partial charge on any atom is -0.481 e. The van der Waals surface area contributed by atoms with Gasteiger partial charge in [0, 0.05) is 6.42 Å². The molecule has 1 saturated carbocycles. The molecule has 0 aromatic heterocycles. The first-order valence-electron chi connectivity index (χ1n) is 7.83. The highest BCUT2D eigenvalue weighted by Gasteiger charge is 2.36. The second-order valence-electron chi connectivity index (χ2n) is 6.38. The average Bonchev–Trinajstić information content (AvgIpc) is 2.39. The first-order valence-corrected chi connectivity index (χ1v) is 7.83. The third kappa shape index (κ3) is 4.47. The van der Waals surface area contributed by atoms with E-state index < -0.39 is 11.5 Å². The Morgan fingerprint density at radius 1 is 1.20 bits per heavy atom. The Labute approximate surface area is 120 Å². The fourth-order valence-corrected chi connectivity index (χ4v) is 3.57. The van der Waals surface area contributed by atoms with Crippen LogP contribution in [0.2, 0.25) is 0 Å². The molecule has 1 heterocycles. The molecular weight excluding hydrogens is 256 g/mol. The lowest BCUT2D eigenvalue weighted by molar-refractivity contribution is -0.139. The molecule has 1 unspecified atom stereocenters. The van der Waals surface area contributed by atoms with Gasteiger partial charge in [-0.2, -0.15) is 0 Å². The Kier molecular flexibility index (Phi) is 5.40. The molecule has 20 heavy (non-hydrogen) atoms. The topological polar surface area (TPSA) is 78.4 Å². The summed E-state index contributed by atoms with van der Waals surface area (Å²) in [5, 5.41) is 15.5. The summed E-state index contributed by atoms with van der Waals surface area (Å²) < 4.78 is 0. The molecule has 2 fully saturated rings. The Bertz CT molecular complexity index is 345. The zero-order valence-corrected chi connectivity index (χ0v) is 12.1. The summed E-state index contributed by atoms with van der Waals surface area (Å²) in [4.78, 5) is 23.3. The molecule has 5 nitrogen and oxygen atoms in total. The van der Waals surface area contributed by atoms with Crippen LogP contribution in [0.4, 0.5) is 0 Å². The van der Waals surface area contributed by atoms with Gasteiger partial charge in [0.1, 0.15) is 0 Å². The second kappa shape index (κ2) is 7.07. The van der Waals surface area contributed by atoms with Crippen molar-refractivity contribution in [1.82, 2.24) is 10.6 Å². The van der Waals surface area contributed by atoms with Crippen molar-refractivity contribution in [2.45, 2.75) is 63.3 Å². The maximum atomic E-state index is 12.2. The van der Waals surface area contributed by atoms with Crippen LogP contribution in [0.1, 0.15) is 57.8 Å². The molecule has 1 saturated heterocycles. The molecule has 0 aromatic rings. The van der Waals surface area contributed by atoms with E-state index >= 15 is 0 Å². The van der Waals surface area contributed by atoms with Crippen LogP contribution in [0.5, 0.6) is 0 Å². The molecule has 5 heteroatoms. The maximum Gasteiger partial charge on any atom is 0.305 e. The fraction of sp³-hybridized carbons (Fsp3) is 0.867. The van der Waals surface area contributed by atoms with Crippen molar-refractivity contribution in [3.8, 4) is 0 Å². The van der Waals surface area contributed by atoms with Crippen molar-refractivity contribution < 1.29 is 14.7 Å². The Hall–Kier alpha value is -1.10. The van der Waals surface area contributed by atoms with Crippen LogP contribution in [0.25, 0.3) is 0 Å². The highest BCUT2D eigenvalue weighted by molar-refractivity contribution is 5.78. The fourth-order valence-electron chi connectivity index (χ4n) is 3.57. The monoisotopic (exact) mass is 282 g/mol. The highest BCUT2D eigenvalue weighted by Crippen LogP contribution is 2.31. The summed E-state index contributed by atoms with van der Waals surface area (Å²) in [6.07, 6.45) is 7.56. The zero-order valence-electron chi connectivity index (χ0n) is 12.1. The van der Waals surface area contributed by atoms with E-state index in [-0.39, 0.29) is 12.3 Å². The summed E-state index contributed by atoms with van der Waals surface area (Å²) in [7, 11) is 0. The number of hydrogen-bond acceptors (Lipinski definition) is 3. The van der Waals surface area contributed by atoms with Crippen molar-refractivity contribution in [2.24, 2.45) is 5.92 Å². The van der Waals surface area contributed by atoms with Crippen LogP contribution >= 0.6 is 0 Å². The Morgan fingerprint density at radius 2 is 1.95 bits per heavy atom. The smallest absolute Gasteiger partial charge is 0.305 e. The molecule has 114 valence electrons. The number of rotatable bonds is 5. The van der Waals surface area contributed by atoms with Gasteiger partial charge in [0.05, 0.1) is 12.0 Å². The van der Waals surface area contributed by atoms with E-state index in [4.69, 9.17) is 5.11 Å². The van der Waals surface area contributed by atoms with Crippen molar-refractivity contribution in [3.63, 3.8) is 0 Å². The Morgan fingerprint density at radius 3 is 2.55 bits per heavy atom. The highest BCUT2D eigenvalue weighted by atomic mass is 16.4. The van der Waals surface area contributed by atoms with E-state index in [1.165, 1.54) is 0 Å². The summed E-state index contributed by atoms with van der Waals surface area (Å²) >= 11 is 0. The minimum atomic E-state index is -0.813. The minimum absolute atomic E-state index is 0.0295. The molecule has 1 aliphatic carbocycles. The molecular formula is C15H26N2O3. The van der Waals surface area contributed by atoms with Gasteiger partial charge in [0.2, 0.25) is 5.91 Å². The molecule has 1 atom stereocenters. The largest absolute Gasteiger partial charge is 0.481 e. The van der Waals surface area contributed by atoms with Gasteiger partial charge < -0.3 is 15.7 Å². The number of nitrogens with one attached hydrogen (secondary N) is 2.